The zero-order valence-corrected chi connectivity index (χ0v) is 14.9. The van der Waals surface area contributed by atoms with Crippen LogP contribution in [-0.4, -0.2) is 18.0 Å². The van der Waals surface area contributed by atoms with E-state index in [0.717, 1.165) is 21.5 Å². The first-order valence-electron chi connectivity index (χ1n) is 8.08. The summed E-state index contributed by atoms with van der Waals surface area (Å²) in [4.78, 5) is 19.3. The predicted octanol–water partition coefficient (Wildman–Crippen LogP) is 4.74. The van der Waals surface area contributed by atoms with Gasteiger partial charge in [-0.2, -0.15) is 0 Å². The first kappa shape index (κ1) is 16.4. The number of carbonyl (C=O) groups excluding carboxylic acids is 1. The lowest BCUT2D eigenvalue weighted by atomic mass is 10.2. The second kappa shape index (κ2) is 7.01. The minimum absolute atomic E-state index is 0.218. The molecule has 0 radical (unpaired) electrons. The number of amides is 1. The van der Waals surface area contributed by atoms with Crippen molar-refractivity contribution >= 4 is 32.6 Å². The maximum absolute atomic E-state index is 13.0. The quantitative estimate of drug-likeness (QED) is 0.513. The molecule has 0 aliphatic heterocycles. The maximum atomic E-state index is 13.0. The lowest BCUT2D eigenvalue weighted by molar-refractivity contribution is 0.0958. The summed E-state index contributed by atoms with van der Waals surface area (Å²) in [6.45, 7) is 0.414. The fourth-order valence-electron chi connectivity index (χ4n) is 2.66. The van der Waals surface area contributed by atoms with Gasteiger partial charge < -0.3 is 9.15 Å². The molecule has 1 amide bonds. The SMILES string of the molecule is COc1ccc2nc(N(Cc3ccccc3)C(=O)c3ccco3)sc2c1. The monoisotopic (exact) mass is 364 g/mol. The highest BCUT2D eigenvalue weighted by molar-refractivity contribution is 7.22. The lowest BCUT2D eigenvalue weighted by Crippen LogP contribution is -2.30. The molecule has 0 saturated carbocycles. The van der Waals surface area contributed by atoms with E-state index < -0.39 is 0 Å². The number of nitrogens with zero attached hydrogens (tertiary/aromatic N) is 2. The molecule has 4 rings (SSSR count). The van der Waals surface area contributed by atoms with E-state index in [-0.39, 0.29) is 11.7 Å². The van der Waals surface area contributed by atoms with E-state index in [1.54, 1.807) is 24.1 Å². The normalized spacial score (nSPS) is 10.8. The molecule has 0 N–H and O–H groups in total. The van der Waals surface area contributed by atoms with E-state index in [4.69, 9.17) is 9.15 Å². The summed E-state index contributed by atoms with van der Waals surface area (Å²) in [5, 5.41) is 0.624. The Morgan fingerprint density at radius 3 is 2.73 bits per heavy atom. The summed E-state index contributed by atoms with van der Waals surface area (Å²) in [5.74, 6) is 0.835. The summed E-state index contributed by atoms with van der Waals surface area (Å²) < 4.78 is 11.6. The molecular formula is C20H16N2O3S. The Labute approximate surface area is 154 Å². The van der Waals surface area contributed by atoms with Gasteiger partial charge in [0.1, 0.15) is 5.75 Å². The number of hydrogen-bond acceptors (Lipinski definition) is 5. The zero-order valence-electron chi connectivity index (χ0n) is 14.1. The van der Waals surface area contributed by atoms with E-state index in [2.05, 4.69) is 4.98 Å². The van der Waals surface area contributed by atoms with Gasteiger partial charge in [-0.15, -0.1) is 0 Å². The molecule has 130 valence electrons. The van der Waals surface area contributed by atoms with Crippen LogP contribution in [0.3, 0.4) is 0 Å². The molecular weight excluding hydrogens is 348 g/mol. The van der Waals surface area contributed by atoms with Crippen molar-refractivity contribution in [3.63, 3.8) is 0 Å². The van der Waals surface area contributed by atoms with E-state index >= 15 is 0 Å². The third-order valence-corrected chi connectivity index (χ3v) is 5.02. The van der Waals surface area contributed by atoms with Crippen molar-refractivity contribution in [1.29, 1.82) is 0 Å². The first-order chi connectivity index (χ1) is 12.7. The van der Waals surface area contributed by atoms with Crippen molar-refractivity contribution in [1.82, 2.24) is 4.98 Å². The van der Waals surface area contributed by atoms with Crippen molar-refractivity contribution in [3.8, 4) is 5.75 Å². The molecule has 2 aromatic heterocycles. The zero-order chi connectivity index (χ0) is 17.9. The summed E-state index contributed by atoms with van der Waals surface area (Å²) in [6.07, 6.45) is 1.50. The Kier molecular flexibility index (Phi) is 4.41. The molecule has 4 aromatic rings. The molecule has 2 aromatic carbocycles. The van der Waals surface area contributed by atoms with Crippen LogP contribution in [-0.2, 0) is 6.54 Å². The first-order valence-corrected chi connectivity index (χ1v) is 8.90. The minimum atomic E-state index is -0.218. The second-order valence-electron chi connectivity index (χ2n) is 5.68. The number of benzene rings is 2. The topological polar surface area (TPSA) is 55.6 Å². The van der Waals surface area contributed by atoms with Gasteiger partial charge in [-0.3, -0.25) is 9.69 Å². The predicted molar refractivity (Wildman–Crippen MR) is 102 cm³/mol. The van der Waals surface area contributed by atoms with Gasteiger partial charge in [-0.05, 0) is 35.9 Å². The highest BCUT2D eigenvalue weighted by atomic mass is 32.1. The van der Waals surface area contributed by atoms with Crippen molar-refractivity contribution in [3.05, 3.63) is 78.3 Å². The van der Waals surface area contributed by atoms with E-state index in [1.807, 2.05) is 48.5 Å². The van der Waals surface area contributed by atoms with E-state index in [1.165, 1.54) is 17.6 Å². The summed E-state index contributed by atoms with van der Waals surface area (Å²) in [5.41, 5.74) is 1.85. The standard InChI is InChI=1S/C20H16N2O3S/c1-24-15-9-10-16-18(12-15)26-20(21-16)22(13-14-6-3-2-4-7-14)19(23)17-8-5-11-25-17/h2-12H,13H2,1H3. The average Bonchev–Trinajstić information content (AvgIpc) is 3.35. The molecule has 5 nitrogen and oxygen atoms in total. The van der Waals surface area contributed by atoms with Gasteiger partial charge in [-0.25, -0.2) is 4.98 Å². The molecule has 0 aliphatic carbocycles. The van der Waals surface area contributed by atoms with Crippen LogP contribution < -0.4 is 9.64 Å². The van der Waals surface area contributed by atoms with Crippen molar-refractivity contribution in [2.75, 3.05) is 12.0 Å². The third kappa shape index (κ3) is 3.19. The molecule has 6 heteroatoms. The van der Waals surface area contributed by atoms with Gasteiger partial charge in [0.25, 0.3) is 5.91 Å². The Balaban J connectivity index is 1.75. The van der Waals surface area contributed by atoms with Crippen LogP contribution in [0.4, 0.5) is 5.13 Å². The number of ether oxygens (including phenoxy) is 1. The Morgan fingerprint density at radius 2 is 2.00 bits per heavy atom. The Hall–Kier alpha value is -3.12. The molecule has 0 spiro atoms. The van der Waals surface area contributed by atoms with Crippen LogP contribution in [0, 0.1) is 0 Å². The fraction of sp³-hybridized carbons (Fsp3) is 0.100. The van der Waals surface area contributed by atoms with Gasteiger partial charge in [-0.1, -0.05) is 41.7 Å². The summed E-state index contributed by atoms with van der Waals surface area (Å²) in [6, 6.07) is 18.9. The molecule has 0 bridgehead atoms. The van der Waals surface area contributed by atoms with Crippen LogP contribution in [0.15, 0.2) is 71.3 Å². The van der Waals surface area contributed by atoms with Gasteiger partial charge in [0, 0.05) is 0 Å². The van der Waals surface area contributed by atoms with Gasteiger partial charge in [0.15, 0.2) is 10.9 Å². The van der Waals surface area contributed by atoms with E-state index in [0.29, 0.717) is 11.7 Å². The van der Waals surface area contributed by atoms with Gasteiger partial charge in [0.05, 0.1) is 30.1 Å². The number of hydrogen-bond donors (Lipinski definition) is 0. The molecule has 0 atom stereocenters. The molecule has 0 saturated heterocycles. The fourth-order valence-corrected chi connectivity index (χ4v) is 3.65. The number of carbonyl (C=O) groups is 1. The van der Waals surface area contributed by atoms with Crippen LogP contribution in [0.1, 0.15) is 16.1 Å². The molecule has 26 heavy (non-hydrogen) atoms. The second-order valence-corrected chi connectivity index (χ2v) is 6.69. The number of anilines is 1. The van der Waals surface area contributed by atoms with Crippen molar-refractivity contribution < 1.29 is 13.9 Å². The molecule has 2 heterocycles. The highest BCUT2D eigenvalue weighted by Gasteiger charge is 2.23. The number of aromatic nitrogens is 1. The summed E-state index contributed by atoms with van der Waals surface area (Å²) in [7, 11) is 1.63. The van der Waals surface area contributed by atoms with Crippen LogP contribution in [0.25, 0.3) is 10.2 Å². The lowest BCUT2D eigenvalue weighted by Gasteiger charge is -2.18. The number of rotatable bonds is 5. The number of thiazole rings is 1. The van der Waals surface area contributed by atoms with Crippen LogP contribution in [0.2, 0.25) is 0 Å². The van der Waals surface area contributed by atoms with Crippen LogP contribution >= 0.6 is 11.3 Å². The number of methoxy groups -OCH3 is 1. The Morgan fingerprint density at radius 1 is 1.15 bits per heavy atom. The van der Waals surface area contributed by atoms with Gasteiger partial charge >= 0.3 is 0 Å². The smallest absolute Gasteiger partial charge is 0.296 e. The molecule has 0 unspecified atom stereocenters. The largest absolute Gasteiger partial charge is 0.497 e. The van der Waals surface area contributed by atoms with Crippen LogP contribution in [0.5, 0.6) is 5.75 Å². The Bertz CT molecular complexity index is 1030. The van der Waals surface area contributed by atoms with Crippen molar-refractivity contribution in [2.45, 2.75) is 6.54 Å². The maximum Gasteiger partial charge on any atom is 0.296 e. The molecule has 0 aliphatic rings. The number of furan rings is 1. The minimum Gasteiger partial charge on any atom is -0.497 e. The van der Waals surface area contributed by atoms with Gasteiger partial charge in [0.2, 0.25) is 0 Å². The summed E-state index contributed by atoms with van der Waals surface area (Å²) >= 11 is 1.45. The number of fused-ring (bicyclic) bond motifs is 1. The molecule has 0 fully saturated rings. The van der Waals surface area contributed by atoms with Crippen molar-refractivity contribution in [2.24, 2.45) is 0 Å². The highest BCUT2D eigenvalue weighted by Crippen LogP contribution is 2.33. The third-order valence-electron chi connectivity index (χ3n) is 3.98. The van der Waals surface area contributed by atoms with E-state index in [9.17, 15) is 4.79 Å². The average molecular weight is 364 g/mol.